The molecule has 0 rings (SSSR count). The van der Waals surface area contributed by atoms with Crippen LogP contribution in [0.4, 0.5) is 0 Å². The predicted molar refractivity (Wildman–Crippen MR) is 93.8 cm³/mol. The van der Waals surface area contributed by atoms with Gasteiger partial charge < -0.3 is 27.0 Å². The minimum Gasteiger partial charge on any atom is -0.481 e. The number of hydrogen-bond acceptors (Lipinski definition) is 10. The summed E-state index contributed by atoms with van der Waals surface area (Å²) in [5.74, 6) is -4.20. The number of hydrogen-bond donors (Lipinski definition) is 4. The van der Waals surface area contributed by atoms with Crippen molar-refractivity contribution in [2.75, 3.05) is 6.54 Å². The Bertz CT molecular complexity index is 574. The van der Waals surface area contributed by atoms with E-state index >= 15 is 0 Å². The molecule has 0 aromatic rings. The number of rotatable bonds is 9. The molecule has 148 valence electrons. The molecule has 0 aromatic carbocycles. The minimum absolute atomic E-state index is 0.196. The third kappa shape index (κ3) is 8.04. The number of carbonyl (C=O) groups excluding carboxylic acids is 4. The summed E-state index contributed by atoms with van der Waals surface area (Å²) in [7, 11) is 0. The van der Waals surface area contributed by atoms with Crippen molar-refractivity contribution in [3.63, 3.8) is 0 Å². The van der Waals surface area contributed by atoms with Gasteiger partial charge >= 0.3 is 17.9 Å². The number of carboxylic acids is 1. The van der Waals surface area contributed by atoms with E-state index in [1.165, 1.54) is 0 Å². The van der Waals surface area contributed by atoms with Crippen molar-refractivity contribution < 1.29 is 33.8 Å². The molecule has 3 atom stereocenters. The maximum Gasteiger partial charge on any atom is 0.332 e. The minimum atomic E-state index is -1.65. The van der Waals surface area contributed by atoms with Gasteiger partial charge in [0.1, 0.15) is 6.04 Å². The van der Waals surface area contributed by atoms with Gasteiger partial charge in [-0.3, -0.25) is 19.2 Å². The summed E-state index contributed by atoms with van der Waals surface area (Å²) in [4.78, 5) is 58.5. The van der Waals surface area contributed by atoms with Crippen molar-refractivity contribution in [1.82, 2.24) is 0 Å². The number of nitrogens with two attached hydrogens (primary N) is 3. The highest BCUT2D eigenvalue weighted by Crippen LogP contribution is 2.28. The normalized spacial score (nSPS) is 14.8. The smallest absolute Gasteiger partial charge is 0.332 e. The lowest BCUT2D eigenvalue weighted by atomic mass is 9.99. The van der Waals surface area contributed by atoms with Crippen molar-refractivity contribution in [2.24, 2.45) is 22.6 Å². The van der Waals surface area contributed by atoms with E-state index in [4.69, 9.17) is 22.3 Å². The molecule has 26 heavy (non-hydrogen) atoms. The average Bonchev–Trinajstić information content (AvgIpc) is 2.54. The lowest BCUT2D eigenvalue weighted by molar-refractivity contribution is -0.160. The summed E-state index contributed by atoms with van der Waals surface area (Å²) >= 11 is 0.509. The molecule has 1 unspecified atom stereocenters. The monoisotopic (exact) mass is 391 g/mol. The van der Waals surface area contributed by atoms with Crippen LogP contribution in [0.15, 0.2) is 0 Å². The van der Waals surface area contributed by atoms with Crippen LogP contribution in [0.25, 0.3) is 0 Å². The summed E-state index contributed by atoms with van der Waals surface area (Å²) < 4.78 is 4.40. The molecule has 0 spiro atoms. The molecule has 0 aliphatic carbocycles. The Labute approximate surface area is 155 Å². The van der Waals surface area contributed by atoms with E-state index in [9.17, 15) is 24.0 Å². The Kier molecular flexibility index (Phi) is 9.63. The second-order valence-electron chi connectivity index (χ2n) is 6.54. The molecule has 0 fully saturated rings. The van der Waals surface area contributed by atoms with E-state index < -0.39 is 58.1 Å². The van der Waals surface area contributed by atoms with Gasteiger partial charge in [-0.2, -0.15) is 0 Å². The first kappa shape index (κ1) is 24.2. The third-order valence-corrected chi connectivity index (χ3v) is 4.75. The van der Waals surface area contributed by atoms with Gasteiger partial charge in [0.25, 0.3) is 0 Å². The molecule has 0 aliphatic rings. The second-order valence-corrected chi connectivity index (χ2v) is 7.65. The number of carbonyl (C=O) groups is 5. The molecular formula is C15H25N3O7S. The molecule has 0 aliphatic heterocycles. The fourth-order valence-corrected chi connectivity index (χ4v) is 2.71. The van der Waals surface area contributed by atoms with Crippen LogP contribution in [0.3, 0.4) is 0 Å². The van der Waals surface area contributed by atoms with E-state index in [1.54, 1.807) is 20.8 Å². The molecular weight excluding hydrogens is 366 g/mol. The molecule has 11 heteroatoms. The largest absolute Gasteiger partial charge is 0.481 e. The van der Waals surface area contributed by atoms with Gasteiger partial charge in [-0.25, -0.2) is 4.79 Å². The highest BCUT2D eigenvalue weighted by atomic mass is 32.2. The summed E-state index contributed by atoms with van der Waals surface area (Å²) in [5, 5.41) is 6.82. The summed E-state index contributed by atoms with van der Waals surface area (Å²) in [6, 6.07) is -2.90. The van der Waals surface area contributed by atoms with Crippen LogP contribution in [-0.2, 0) is 28.7 Å². The van der Waals surface area contributed by atoms with Gasteiger partial charge in [-0.1, -0.05) is 32.5 Å². The Morgan fingerprint density at radius 1 is 1.12 bits per heavy atom. The van der Waals surface area contributed by atoms with Crippen LogP contribution < -0.4 is 17.2 Å². The van der Waals surface area contributed by atoms with Crippen LogP contribution in [0.1, 0.15) is 33.6 Å². The highest BCUT2D eigenvalue weighted by Gasteiger charge is 2.39. The Balaban J connectivity index is 5.42. The SMILES string of the molecule is CC(C)(C)C(=O)SC(C(=O)[C@@H](N)CCC(=O)O)[C@H](N)C(=O)OC(=O)CN. The summed E-state index contributed by atoms with van der Waals surface area (Å²) in [5.41, 5.74) is 15.6. The maximum absolute atomic E-state index is 12.5. The molecule has 7 N–H and O–H groups in total. The van der Waals surface area contributed by atoms with Crippen LogP contribution in [0.5, 0.6) is 0 Å². The van der Waals surface area contributed by atoms with Gasteiger partial charge in [0.2, 0.25) is 0 Å². The first-order valence-corrected chi connectivity index (χ1v) is 8.61. The van der Waals surface area contributed by atoms with E-state index in [-0.39, 0.29) is 12.8 Å². The molecule has 0 heterocycles. The van der Waals surface area contributed by atoms with Gasteiger partial charge in [0, 0.05) is 11.8 Å². The van der Waals surface area contributed by atoms with Gasteiger partial charge in [-0.05, 0) is 6.42 Å². The van der Waals surface area contributed by atoms with E-state index in [0.29, 0.717) is 11.8 Å². The van der Waals surface area contributed by atoms with Crippen molar-refractivity contribution in [1.29, 1.82) is 0 Å². The van der Waals surface area contributed by atoms with E-state index in [2.05, 4.69) is 4.74 Å². The number of Topliss-reactive ketones (excluding diaryl/α,β-unsaturated/α-hetero) is 1. The van der Waals surface area contributed by atoms with Crippen LogP contribution >= 0.6 is 11.8 Å². The summed E-state index contributed by atoms with van der Waals surface area (Å²) in [6.07, 6.45) is -0.568. The molecule has 0 aromatic heterocycles. The van der Waals surface area contributed by atoms with E-state index in [0.717, 1.165) is 0 Å². The first-order valence-electron chi connectivity index (χ1n) is 7.73. The number of esters is 2. The highest BCUT2D eigenvalue weighted by molar-refractivity contribution is 8.14. The van der Waals surface area contributed by atoms with Crippen LogP contribution in [0.2, 0.25) is 0 Å². The number of thioether (sulfide) groups is 1. The number of carboxylic acid groups (broad SMARTS) is 1. The fraction of sp³-hybridized carbons (Fsp3) is 0.667. The zero-order chi connectivity index (χ0) is 20.7. The number of ketones is 1. The molecule has 0 saturated carbocycles. The third-order valence-electron chi connectivity index (χ3n) is 3.14. The van der Waals surface area contributed by atoms with Crippen molar-refractivity contribution in [3.8, 4) is 0 Å². The molecule has 0 radical (unpaired) electrons. The average molecular weight is 391 g/mol. The van der Waals surface area contributed by atoms with Crippen molar-refractivity contribution in [3.05, 3.63) is 0 Å². The van der Waals surface area contributed by atoms with Crippen molar-refractivity contribution >= 4 is 40.6 Å². The lowest BCUT2D eigenvalue weighted by Crippen LogP contribution is -2.52. The van der Waals surface area contributed by atoms with Gasteiger partial charge in [-0.15, -0.1) is 0 Å². The standard InChI is InChI=1S/C15H25N3O7S/c1-15(2,3)14(24)26-12(10(18)13(23)25-9(21)6-16)11(22)7(17)4-5-8(19)20/h7,10,12H,4-6,16-18H2,1-3H3,(H,19,20)/t7-,10-,12?/m0/s1. The molecule has 0 saturated heterocycles. The van der Waals surface area contributed by atoms with Crippen LogP contribution in [-0.4, -0.2) is 57.8 Å². The Morgan fingerprint density at radius 3 is 2.08 bits per heavy atom. The second kappa shape index (κ2) is 10.4. The molecule has 0 bridgehead atoms. The fourth-order valence-electron chi connectivity index (χ4n) is 1.58. The number of aliphatic carboxylic acids is 1. The molecule has 0 amide bonds. The Morgan fingerprint density at radius 2 is 1.65 bits per heavy atom. The molecule has 10 nitrogen and oxygen atoms in total. The van der Waals surface area contributed by atoms with E-state index in [1.807, 2.05) is 0 Å². The Hall–Kier alpha value is -1.82. The quantitative estimate of drug-likeness (QED) is 0.272. The zero-order valence-electron chi connectivity index (χ0n) is 14.9. The lowest BCUT2D eigenvalue weighted by Gasteiger charge is -2.25. The van der Waals surface area contributed by atoms with Crippen molar-refractivity contribution in [2.45, 2.75) is 50.9 Å². The predicted octanol–water partition coefficient (Wildman–Crippen LogP) is -1.22. The maximum atomic E-state index is 12.5. The van der Waals surface area contributed by atoms with Gasteiger partial charge in [0.05, 0.1) is 17.8 Å². The zero-order valence-corrected chi connectivity index (χ0v) is 15.7. The van der Waals surface area contributed by atoms with Gasteiger partial charge in [0.15, 0.2) is 10.9 Å². The number of ether oxygens (including phenoxy) is 1. The first-order chi connectivity index (χ1) is 11.8. The topological polar surface area (TPSA) is 193 Å². The summed E-state index contributed by atoms with van der Waals surface area (Å²) in [6.45, 7) is 4.26. The van der Waals surface area contributed by atoms with Crippen LogP contribution in [0, 0.1) is 5.41 Å².